The molecule has 5 atom stereocenters. The summed E-state index contributed by atoms with van der Waals surface area (Å²) in [5, 5.41) is 46.4. The van der Waals surface area contributed by atoms with Gasteiger partial charge >= 0.3 is 5.97 Å². The van der Waals surface area contributed by atoms with Gasteiger partial charge in [-0.2, -0.15) is 0 Å². The van der Waals surface area contributed by atoms with E-state index in [-0.39, 0.29) is 11.3 Å². The molecule has 2 heterocycles. The van der Waals surface area contributed by atoms with Crippen molar-refractivity contribution < 1.29 is 38.7 Å². The van der Waals surface area contributed by atoms with Crippen LogP contribution in [0.3, 0.4) is 0 Å². The molecule has 4 N–H and O–H groups in total. The number of halogens is 2. The Morgan fingerprint density at radius 1 is 1.19 bits per heavy atom. The van der Waals surface area contributed by atoms with Gasteiger partial charge in [0.25, 0.3) is 0 Å². The van der Waals surface area contributed by atoms with E-state index in [4.69, 9.17) is 9.84 Å². The summed E-state index contributed by atoms with van der Waals surface area (Å²) in [5.41, 5.74) is 0.111. The molecular weight excluding hydrogens is 356 g/mol. The Morgan fingerprint density at radius 2 is 1.85 bits per heavy atom. The molecule has 1 aliphatic heterocycles. The summed E-state index contributed by atoms with van der Waals surface area (Å²) in [6.45, 7) is -0.690. The van der Waals surface area contributed by atoms with Gasteiger partial charge in [-0.3, -0.25) is 0 Å². The zero-order chi connectivity index (χ0) is 19.0. The van der Waals surface area contributed by atoms with Crippen molar-refractivity contribution >= 4 is 5.97 Å². The molecule has 0 aliphatic carbocycles. The number of carboxylic acids is 1. The predicted octanol–water partition coefficient (Wildman–Crippen LogP) is -0.670. The highest BCUT2D eigenvalue weighted by molar-refractivity contribution is 5.73. The third-order valence-electron chi connectivity index (χ3n) is 4.11. The summed E-state index contributed by atoms with van der Waals surface area (Å²) in [4.78, 5) is 11.2. The second-order valence-corrected chi connectivity index (χ2v) is 5.83. The maximum Gasteiger partial charge on any atom is 0.335 e. The first-order valence-corrected chi connectivity index (χ1v) is 7.55. The molecule has 2 aromatic rings. The molecule has 1 aliphatic rings. The van der Waals surface area contributed by atoms with Crippen LogP contribution in [0, 0.1) is 11.6 Å². The SMILES string of the molecule is O=C(O)[C@@H]1O[C@H](CO)[C@H](O)[C@H](n2cc(-c3cc(F)cc(F)c3)nn2)[C@H]1O. The van der Waals surface area contributed by atoms with E-state index in [9.17, 15) is 28.9 Å². The van der Waals surface area contributed by atoms with Crippen molar-refractivity contribution in [2.24, 2.45) is 0 Å². The summed E-state index contributed by atoms with van der Waals surface area (Å²) in [6.07, 6.45) is -4.98. The second-order valence-electron chi connectivity index (χ2n) is 5.83. The van der Waals surface area contributed by atoms with Crippen molar-refractivity contribution in [2.45, 2.75) is 30.5 Å². The molecule has 140 valence electrons. The van der Waals surface area contributed by atoms with Crippen molar-refractivity contribution in [1.29, 1.82) is 0 Å². The Hall–Kier alpha value is -2.47. The van der Waals surface area contributed by atoms with E-state index in [0.717, 1.165) is 16.8 Å². The van der Waals surface area contributed by atoms with Crippen LogP contribution in [0.25, 0.3) is 11.3 Å². The van der Waals surface area contributed by atoms with E-state index in [0.29, 0.717) is 6.07 Å². The Kier molecular flexibility index (Phi) is 4.96. The Balaban J connectivity index is 1.96. The van der Waals surface area contributed by atoms with Crippen molar-refractivity contribution in [2.75, 3.05) is 6.61 Å². The van der Waals surface area contributed by atoms with Gasteiger partial charge in [-0.15, -0.1) is 5.10 Å². The minimum atomic E-state index is -1.71. The van der Waals surface area contributed by atoms with Gasteiger partial charge in [0.05, 0.1) is 12.8 Å². The number of carboxylic acid groups (broad SMARTS) is 1. The molecule has 0 saturated carbocycles. The molecule has 0 spiro atoms. The molecule has 11 heteroatoms. The summed E-state index contributed by atoms with van der Waals surface area (Å²) in [6, 6.07) is 1.42. The molecule has 0 radical (unpaired) electrons. The first kappa shape index (κ1) is 18.3. The molecule has 26 heavy (non-hydrogen) atoms. The lowest BCUT2D eigenvalue weighted by Crippen LogP contribution is -2.58. The molecule has 3 rings (SSSR count). The quantitative estimate of drug-likeness (QED) is 0.555. The van der Waals surface area contributed by atoms with E-state index in [1.54, 1.807) is 0 Å². The number of nitrogens with zero attached hydrogens (tertiary/aromatic N) is 3. The molecule has 1 fully saturated rings. The van der Waals surface area contributed by atoms with Gasteiger partial charge in [0, 0.05) is 11.6 Å². The zero-order valence-electron chi connectivity index (χ0n) is 13.1. The van der Waals surface area contributed by atoms with E-state index < -0.39 is 54.7 Å². The summed E-state index contributed by atoms with van der Waals surface area (Å²) < 4.78 is 32.7. The van der Waals surface area contributed by atoms with Crippen LogP contribution in [0.1, 0.15) is 6.04 Å². The van der Waals surface area contributed by atoms with Crippen LogP contribution in [0.15, 0.2) is 24.4 Å². The number of benzene rings is 1. The molecular formula is C15H15F2N3O6. The highest BCUT2D eigenvalue weighted by Gasteiger charge is 2.48. The average molecular weight is 371 g/mol. The largest absolute Gasteiger partial charge is 0.479 e. The fourth-order valence-electron chi connectivity index (χ4n) is 2.88. The zero-order valence-corrected chi connectivity index (χ0v) is 13.1. The second kappa shape index (κ2) is 7.03. The first-order chi connectivity index (χ1) is 12.3. The van der Waals surface area contributed by atoms with Gasteiger partial charge < -0.3 is 25.2 Å². The lowest BCUT2D eigenvalue weighted by molar-refractivity contribution is -0.215. The molecule has 1 aromatic carbocycles. The minimum absolute atomic E-state index is 0.0433. The van der Waals surface area contributed by atoms with Gasteiger partial charge in [-0.05, 0) is 12.1 Å². The van der Waals surface area contributed by atoms with Crippen LogP contribution in [0.5, 0.6) is 0 Å². The Bertz CT molecular complexity index is 796. The number of hydrogen-bond acceptors (Lipinski definition) is 7. The lowest BCUT2D eigenvalue weighted by Gasteiger charge is -2.40. The van der Waals surface area contributed by atoms with Crippen LogP contribution in [-0.4, -0.2) is 72.4 Å². The topological polar surface area (TPSA) is 138 Å². The average Bonchev–Trinajstić information content (AvgIpc) is 3.03. The van der Waals surface area contributed by atoms with Gasteiger partial charge in [0.1, 0.15) is 41.7 Å². The van der Waals surface area contributed by atoms with Gasteiger partial charge in [0.15, 0.2) is 6.10 Å². The van der Waals surface area contributed by atoms with E-state index in [1.165, 1.54) is 6.20 Å². The standard InChI is InChI=1S/C15H15F2N3O6/c16-7-1-6(2-8(17)3-7)9-4-20(19-18-9)11-12(22)10(5-21)26-14(13(11)23)15(24)25/h1-4,10-14,21-23H,5H2,(H,24,25)/t10-,11+,12+,13-,14-/m1/s1. The minimum Gasteiger partial charge on any atom is -0.479 e. The van der Waals surface area contributed by atoms with E-state index in [2.05, 4.69) is 10.3 Å². The number of aliphatic hydroxyl groups excluding tert-OH is 3. The fourth-order valence-corrected chi connectivity index (χ4v) is 2.88. The summed E-state index contributed by atoms with van der Waals surface area (Å²) in [7, 11) is 0. The van der Waals surface area contributed by atoms with Crippen LogP contribution < -0.4 is 0 Å². The smallest absolute Gasteiger partial charge is 0.335 e. The molecule has 9 nitrogen and oxygen atoms in total. The van der Waals surface area contributed by atoms with Gasteiger partial charge in [-0.25, -0.2) is 18.3 Å². The number of rotatable bonds is 4. The normalized spacial score (nSPS) is 28.9. The number of aliphatic carboxylic acids is 1. The molecule has 1 saturated heterocycles. The number of aromatic nitrogens is 3. The van der Waals surface area contributed by atoms with Crippen molar-refractivity contribution in [3.8, 4) is 11.3 Å². The molecule has 0 bridgehead atoms. The van der Waals surface area contributed by atoms with Crippen LogP contribution in [0.4, 0.5) is 8.78 Å². The molecule has 0 amide bonds. The Labute approximate surface area is 145 Å². The predicted molar refractivity (Wildman–Crippen MR) is 79.8 cm³/mol. The molecule has 1 aromatic heterocycles. The van der Waals surface area contributed by atoms with Crippen LogP contribution in [-0.2, 0) is 9.53 Å². The van der Waals surface area contributed by atoms with E-state index in [1.807, 2.05) is 0 Å². The van der Waals surface area contributed by atoms with Crippen molar-refractivity contribution in [3.05, 3.63) is 36.0 Å². The first-order valence-electron chi connectivity index (χ1n) is 7.55. The maximum atomic E-state index is 13.4. The van der Waals surface area contributed by atoms with Crippen molar-refractivity contribution in [3.63, 3.8) is 0 Å². The summed E-state index contributed by atoms with van der Waals surface area (Å²) >= 11 is 0. The number of ether oxygens (including phenoxy) is 1. The maximum absolute atomic E-state index is 13.4. The van der Waals surface area contributed by atoms with Crippen LogP contribution >= 0.6 is 0 Å². The van der Waals surface area contributed by atoms with Crippen LogP contribution in [0.2, 0.25) is 0 Å². The van der Waals surface area contributed by atoms with E-state index >= 15 is 0 Å². The number of carbonyl (C=O) groups is 1. The summed E-state index contributed by atoms with van der Waals surface area (Å²) in [5.74, 6) is -3.14. The highest BCUT2D eigenvalue weighted by Crippen LogP contribution is 2.31. The third-order valence-corrected chi connectivity index (χ3v) is 4.11. The molecule has 0 unspecified atom stereocenters. The Morgan fingerprint density at radius 3 is 2.42 bits per heavy atom. The van der Waals surface area contributed by atoms with Gasteiger partial charge in [-0.1, -0.05) is 5.21 Å². The van der Waals surface area contributed by atoms with Gasteiger partial charge in [0.2, 0.25) is 0 Å². The number of aliphatic hydroxyl groups is 3. The monoisotopic (exact) mass is 371 g/mol. The van der Waals surface area contributed by atoms with Crippen molar-refractivity contribution in [1.82, 2.24) is 15.0 Å². The fraction of sp³-hybridized carbons (Fsp3) is 0.400. The third kappa shape index (κ3) is 3.29. The number of hydrogen-bond donors (Lipinski definition) is 4. The lowest BCUT2D eigenvalue weighted by atomic mass is 9.92. The highest BCUT2D eigenvalue weighted by atomic mass is 19.1.